The fraction of sp³-hybridized carbons (Fsp3) is 0.318. The summed E-state index contributed by atoms with van der Waals surface area (Å²) in [5.74, 6) is 0.428. The van der Waals surface area contributed by atoms with Gasteiger partial charge in [0.05, 0.1) is 18.9 Å². The summed E-state index contributed by atoms with van der Waals surface area (Å²) in [5, 5.41) is 9.31. The number of hydrazone groups is 1. The molecule has 3 amide bonds. The van der Waals surface area contributed by atoms with Gasteiger partial charge in [0.2, 0.25) is 0 Å². The molecule has 1 aliphatic heterocycles. The number of hydrogen-bond acceptors (Lipinski definition) is 4. The molecule has 7 nitrogen and oxygen atoms in total. The minimum atomic E-state index is -0.352. The number of rotatable bonds is 6. The zero-order valence-corrected chi connectivity index (χ0v) is 18.0. The number of halogens is 1. The molecule has 1 heterocycles. The van der Waals surface area contributed by atoms with E-state index in [-0.39, 0.29) is 24.5 Å². The van der Waals surface area contributed by atoms with Crippen molar-refractivity contribution in [3.8, 4) is 5.75 Å². The lowest BCUT2D eigenvalue weighted by Gasteiger charge is -2.25. The van der Waals surface area contributed by atoms with Gasteiger partial charge in [-0.05, 0) is 30.7 Å². The highest BCUT2D eigenvalue weighted by molar-refractivity contribution is 6.31. The maximum Gasteiger partial charge on any atom is 0.317 e. The van der Waals surface area contributed by atoms with Gasteiger partial charge in [0.15, 0.2) is 0 Å². The van der Waals surface area contributed by atoms with Crippen LogP contribution in [0.5, 0.6) is 5.75 Å². The molecule has 3 rings (SSSR count). The van der Waals surface area contributed by atoms with Gasteiger partial charge in [-0.2, -0.15) is 5.10 Å². The van der Waals surface area contributed by atoms with Crippen molar-refractivity contribution in [2.24, 2.45) is 5.10 Å². The van der Waals surface area contributed by atoms with Crippen LogP contribution in [0.2, 0.25) is 5.02 Å². The summed E-state index contributed by atoms with van der Waals surface area (Å²) in [6.45, 7) is 2.22. The first-order valence-electron chi connectivity index (χ1n) is 9.72. The molecule has 30 heavy (non-hydrogen) atoms. The highest BCUT2D eigenvalue weighted by Gasteiger charge is 2.35. The smallest absolute Gasteiger partial charge is 0.317 e. The van der Waals surface area contributed by atoms with Crippen molar-refractivity contribution in [1.82, 2.24) is 15.2 Å². The number of likely N-dealkylation sites (N-methyl/N-ethyl adjacent to an activating group) is 1. The van der Waals surface area contributed by atoms with E-state index in [4.69, 9.17) is 16.3 Å². The van der Waals surface area contributed by atoms with Crippen LogP contribution in [0.3, 0.4) is 0 Å². The molecule has 0 aromatic heterocycles. The largest absolute Gasteiger partial charge is 0.497 e. The van der Waals surface area contributed by atoms with Crippen molar-refractivity contribution in [3.05, 3.63) is 64.7 Å². The summed E-state index contributed by atoms with van der Waals surface area (Å²) in [6, 6.07) is 14.3. The molecule has 0 spiro atoms. The predicted octanol–water partition coefficient (Wildman–Crippen LogP) is 3.69. The molecule has 8 heteroatoms. The van der Waals surface area contributed by atoms with Gasteiger partial charge in [0.25, 0.3) is 5.91 Å². The van der Waals surface area contributed by atoms with Crippen LogP contribution >= 0.6 is 11.6 Å². The van der Waals surface area contributed by atoms with Crippen LogP contribution in [-0.4, -0.2) is 54.8 Å². The number of urea groups is 1. The van der Waals surface area contributed by atoms with Crippen LogP contribution in [0.15, 0.2) is 53.6 Å². The van der Waals surface area contributed by atoms with Gasteiger partial charge in [-0.25, -0.2) is 9.80 Å². The Labute approximate surface area is 181 Å². The fourth-order valence-corrected chi connectivity index (χ4v) is 3.60. The van der Waals surface area contributed by atoms with Crippen molar-refractivity contribution in [2.45, 2.75) is 19.4 Å². The van der Waals surface area contributed by atoms with Crippen LogP contribution in [0.25, 0.3) is 0 Å². The molecular weight excluding hydrogens is 404 g/mol. The Morgan fingerprint density at radius 2 is 2.03 bits per heavy atom. The normalized spacial score (nSPS) is 15.5. The topological polar surface area (TPSA) is 74.2 Å². The molecule has 0 saturated heterocycles. The molecule has 0 fully saturated rings. The lowest BCUT2D eigenvalue weighted by atomic mass is 9.98. The Kier molecular flexibility index (Phi) is 6.95. The van der Waals surface area contributed by atoms with E-state index < -0.39 is 0 Å². The Morgan fingerprint density at radius 3 is 2.73 bits per heavy atom. The summed E-state index contributed by atoms with van der Waals surface area (Å²) >= 11 is 6.43. The Morgan fingerprint density at radius 1 is 1.27 bits per heavy atom. The standard InChI is InChI=1S/C22H25ClN4O3/c1-4-24-22(29)26(2)14-21(28)27-20(17-10-5-6-11-18(17)23)13-19(25-27)15-8-7-9-16(12-15)30-3/h5-12,20H,4,13-14H2,1-3H3,(H,24,29)/t20-/m1/s1. The molecule has 2 aromatic rings. The first-order chi connectivity index (χ1) is 14.4. The van der Waals surface area contributed by atoms with Gasteiger partial charge in [-0.3, -0.25) is 4.79 Å². The molecule has 1 N–H and O–H groups in total. The van der Waals surface area contributed by atoms with Crippen molar-refractivity contribution in [3.63, 3.8) is 0 Å². The van der Waals surface area contributed by atoms with E-state index in [0.717, 1.165) is 16.8 Å². The molecule has 158 valence electrons. The third-order valence-corrected chi connectivity index (χ3v) is 5.22. The van der Waals surface area contributed by atoms with Gasteiger partial charge < -0.3 is 15.0 Å². The van der Waals surface area contributed by atoms with Crippen LogP contribution in [0.1, 0.15) is 30.5 Å². The van der Waals surface area contributed by atoms with E-state index in [1.807, 2.05) is 49.4 Å². The van der Waals surface area contributed by atoms with Crippen LogP contribution in [0, 0.1) is 0 Å². The van der Waals surface area contributed by atoms with Gasteiger partial charge >= 0.3 is 6.03 Å². The van der Waals surface area contributed by atoms with Gasteiger partial charge in [-0.1, -0.05) is 41.9 Å². The number of benzene rings is 2. The maximum absolute atomic E-state index is 13.1. The predicted molar refractivity (Wildman–Crippen MR) is 117 cm³/mol. The number of nitrogens with zero attached hydrogens (tertiary/aromatic N) is 3. The van der Waals surface area contributed by atoms with Crippen LogP contribution < -0.4 is 10.1 Å². The molecule has 0 bridgehead atoms. The summed E-state index contributed by atoms with van der Waals surface area (Å²) in [5.41, 5.74) is 2.45. The minimum absolute atomic E-state index is 0.0956. The Hall–Kier alpha value is -3.06. The number of hydrogen-bond donors (Lipinski definition) is 1. The number of methoxy groups -OCH3 is 1. The number of carbonyl (C=O) groups is 2. The first kappa shape index (κ1) is 21.6. The zero-order valence-electron chi connectivity index (χ0n) is 17.3. The van der Waals surface area contributed by atoms with E-state index in [2.05, 4.69) is 10.4 Å². The quantitative estimate of drug-likeness (QED) is 0.762. The summed E-state index contributed by atoms with van der Waals surface area (Å²) in [4.78, 5) is 26.5. The molecule has 1 aliphatic rings. The van der Waals surface area contributed by atoms with Gasteiger partial charge in [0, 0.05) is 30.6 Å². The molecule has 2 aromatic carbocycles. The van der Waals surface area contributed by atoms with E-state index in [9.17, 15) is 9.59 Å². The van der Waals surface area contributed by atoms with Crippen LogP contribution in [0.4, 0.5) is 4.79 Å². The highest BCUT2D eigenvalue weighted by atomic mass is 35.5. The van der Waals surface area contributed by atoms with Crippen molar-refractivity contribution < 1.29 is 14.3 Å². The monoisotopic (exact) mass is 428 g/mol. The Balaban J connectivity index is 1.91. The average Bonchev–Trinajstić information content (AvgIpc) is 3.19. The van der Waals surface area contributed by atoms with E-state index in [0.29, 0.717) is 23.7 Å². The second-order valence-electron chi connectivity index (χ2n) is 6.95. The lowest BCUT2D eigenvalue weighted by molar-refractivity contribution is -0.133. The van der Waals surface area contributed by atoms with E-state index in [1.165, 1.54) is 9.91 Å². The van der Waals surface area contributed by atoms with Crippen molar-refractivity contribution in [2.75, 3.05) is 27.2 Å². The number of ether oxygens (including phenoxy) is 1. The van der Waals surface area contributed by atoms with Gasteiger partial charge in [-0.15, -0.1) is 0 Å². The number of carbonyl (C=O) groups excluding carboxylic acids is 2. The molecule has 0 unspecified atom stereocenters. The molecule has 0 aliphatic carbocycles. The van der Waals surface area contributed by atoms with Crippen molar-refractivity contribution >= 4 is 29.3 Å². The summed E-state index contributed by atoms with van der Waals surface area (Å²) < 4.78 is 5.31. The first-order valence-corrected chi connectivity index (χ1v) is 10.1. The van der Waals surface area contributed by atoms with Gasteiger partial charge in [0.1, 0.15) is 12.3 Å². The number of nitrogens with one attached hydrogen (secondary N) is 1. The minimum Gasteiger partial charge on any atom is -0.497 e. The second kappa shape index (κ2) is 9.63. The fourth-order valence-electron chi connectivity index (χ4n) is 3.34. The third-order valence-electron chi connectivity index (χ3n) is 4.88. The average molecular weight is 429 g/mol. The van der Waals surface area contributed by atoms with E-state index in [1.54, 1.807) is 20.2 Å². The summed E-state index contributed by atoms with van der Waals surface area (Å²) in [6.07, 6.45) is 0.507. The second-order valence-corrected chi connectivity index (χ2v) is 7.36. The highest BCUT2D eigenvalue weighted by Crippen LogP contribution is 2.36. The van der Waals surface area contributed by atoms with E-state index >= 15 is 0 Å². The molecule has 0 radical (unpaired) electrons. The summed E-state index contributed by atoms with van der Waals surface area (Å²) in [7, 11) is 3.19. The maximum atomic E-state index is 13.1. The van der Waals surface area contributed by atoms with Crippen molar-refractivity contribution in [1.29, 1.82) is 0 Å². The third kappa shape index (κ3) is 4.74. The zero-order chi connectivity index (χ0) is 21.7. The molecule has 0 saturated carbocycles. The SMILES string of the molecule is CCNC(=O)N(C)CC(=O)N1N=C(c2cccc(OC)c2)C[C@@H]1c1ccccc1Cl. The van der Waals surface area contributed by atoms with Crippen LogP contribution in [-0.2, 0) is 4.79 Å². The molecule has 1 atom stereocenters. The Bertz CT molecular complexity index is 963. The number of amides is 3. The molecular formula is C22H25ClN4O3. The lowest BCUT2D eigenvalue weighted by Crippen LogP contribution is -2.43.